The van der Waals surface area contributed by atoms with Crippen LogP contribution in [0.3, 0.4) is 0 Å². The third-order valence-electron chi connectivity index (χ3n) is 3.00. The van der Waals surface area contributed by atoms with Crippen LogP contribution in [0.15, 0.2) is 0 Å². The maximum atomic E-state index is 5.63. The van der Waals surface area contributed by atoms with Gasteiger partial charge in [0.1, 0.15) is 0 Å². The van der Waals surface area contributed by atoms with Gasteiger partial charge in [-0.15, -0.1) is 0 Å². The van der Waals surface area contributed by atoms with Crippen LogP contribution >= 0.6 is 0 Å². The molecule has 0 aromatic carbocycles. The first-order valence-corrected chi connectivity index (χ1v) is 6.58. The van der Waals surface area contributed by atoms with Gasteiger partial charge < -0.3 is 10.1 Å². The molecule has 2 heteroatoms. The van der Waals surface area contributed by atoms with Gasteiger partial charge in [-0.1, -0.05) is 41.5 Å². The molecule has 0 aromatic rings. The van der Waals surface area contributed by atoms with Crippen molar-refractivity contribution in [1.82, 2.24) is 5.32 Å². The van der Waals surface area contributed by atoms with Crippen LogP contribution in [0.5, 0.6) is 0 Å². The Morgan fingerprint density at radius 3 is 2.06 bits per heavy atom. The first-order valence-electron chi connectivity index (χ1n) is 6.58. The molecule has 2 nitrogen and oxygen atoms in total. The molecule has 0 rings (SSSR count). The lowest BCUT2D eigenvalue weighted by molar-refractivity contribution is 0.0281. The van der Waals surface area contributed by atoms with E-state index in [2.05, 4.69) is 46.9 Å². The molecule has 0 aliphatic heterocycles. The Kier molecular flexibility index (Phi) is 7.25. The number of methoxy groups -OCH3 is 1. The minimum absolute atomic E-state index is 0.322. The van der Waals surface area contributed by atoms with Crippen LogP contribution in [0.2, 0.25) is 0 Å². The van der Waals surface area contributed by atoms with E-state index >= 15 is 0 Å². The molecule has 0 amide bonds. The molecule has 0 aromatic heterocycles. The number of hydrogen-bond acceptors (Lipinski definition) is 2. The first kappa shape index (κ1) is 15.9. The maximum Gasteiger partial charge on any atom is 0.0747 e. The van der Waals surface area contributed by atoms with Gasteiger partial charge in [-0.2, -0.15) is 0 Å². The Hall–Kier alpha value is -0.0800. The SMILES string of the molecule is CCNC(CCC(C)(C)C)C(OC)C(C)C. The van der Waals surface area contributed by atoms with Gasteiger partial charge in [0.05, 0.1) is 6.10 Å². The normalized spacial score (nSPS) is 16.5. The highest BCUT2D eigenvalue weighted by Crippen LogP contribution is 2.24. The van der Waals surface area contributed by atoms with Gasteiger partial charge >= 0.3 is 0 Å². The summed E-state index contributed by atoms with van der Waals surface area (Å²) in [6, 6.07) is 0.481. The Labute approximate surface area is 102 Å². The molecule has 0 aliphatic carbocycles. The van der Waals surface area contributed by atoms with Gasteiger partial charge in [0, 0.05) is 13.2 Å². The highest BCUT2D eigenvalue weighted by molar-refractivity contribution is 4.81. The molecule has 1 N–H and O–H groups in total. The van der Waals surface area contributed by atoms with Gasteiger partial charge in [0.15, 0.2) is 0 Å². The van der Waals surface area contributed by atoms with Crippen LogP contribution in [0, 0.1) is 11.3 Å². The summed E-state index contributed by atoms with van der Waals surface area (Å²) >= 11 is 0. The Morgan fingerprint density at radius 2 is 1.75 bits per heavy atom. The number of nitrogens with one attached hydrogen (secondary N) is 1. The van der Waals surface area contributed by atoms with Crippen molar-refractivity contribution in [1.29, 1.82) is 0 Å². The molecular formula is C14H31NO. The molecule has 2 atom stereocenters. The number of hydrogen-bond donors (Lipinski definition) is 1. The fourth-order valence-electron chi connectivity index (χ4n) is 2.13. The van der Waals surface area contributed by atoms with E-state index in [4.69, 9.17) is 4.74 Å². The van der Waals surface area contributed by atoms with Crippen LogP contribution in [0.1, 0.15) is 54.4 Å². The number of rotatable bonds is 7. The molecule has 0 aliphatic rings. The van der Waals surface area contributed by atoms with E-state index in [1.165, 1.54) is 12.8 Å². The predicted octanol–water partition coefficient (Wildman–Crippen LogP) is 3.46. The van der Waals surface area contributed by atoms with Crippen LogP contribution < -0.4 is 5.32 Å². The molecule has 16 heavy (non-hydrogen) atoms. The van der Waals surface area contributed by atoms with Crippen molar-refractivity contribution in [3.05, 3.63) is 0 Å². The van der Waals surface area contributed by atoms with E-state index in [0.717, 1.165) is 6.54 Å². The summed E-state index contributed by atoms with van der Waals surface area (Å²) in [5, 5.41) is 3.56. The summed E-state index contributed by atoms with van der Waals surface area (Å²) in [6.07, 6.45) is 2.74. The van der Waals surface area contributed by atoms with Crippen molar-refractivity contribution in [2.45, 2.75) is 66.5 Å². The molecule has 0 saturated carbocycles. The number of likely N-dealkylation sites (N-methyl/N-ethyl adjacent to an activating group) is 1. The van der Waals surface area contributed by atoms with E-state index in [-0.39, 0.29) is 0 Å². The molecule has 0 bridgehead atoms. The van der Waals surface area contributed by atoms with Crippen molar-refractivity contribution >= 4 is 0 Å². The second-order valence-corrected chi connectivity index (χ2v) is 6.21. The minimum Gasteiger partial charge on any atom is -0.380 e. The lowest BCUT2D eigenvalue weighted by atomic mass is 9.86. The summed E-state index contributed by atoms with van der Waals surface area (Å²) in [5.74, 6) is 0.564. The zero-order valence-corrected chi connectivity index (χ0v) is 12.3. The van der Waals surface area contributed by atoms with E-state index < -0.39 is 0 Å². The highest BCUT2D eigenvalue weighted by Gasteiger charge is 2.25. The first-order chi connectivity index (χ1) is 7.31. The smallest absolute Gasteiger partial charge is 0.0747 e. The minimum atomic E-state index is 0.322. The Balaban J connectivity index is 4.34. The molecule has 0 saturated heterocycles. The average Bonchev–Trinajstić information content (AvgIpc) is 2.13. The van der Waals surface area contributed by atoms with Crippen LogP contribution in [0.25, 0.3) is 0 Å². The summed E-state index contributed by atoms with van der Waals surface area (Å²) in [5.41, 5.74) is 0.406. The average molecular weight is 229 g/mol. The van der Waals surface area contributed by atoms with Crippen molar-refractivity contribution < 1.29 is 4.74 Å². The summed E-state index contributed by atoms with van der Waals surface area (Å²) in [6.45, 7) is 14.5. The molecule has 0 fully saturated rings. The third kappa shape index (κ3) is 6.49. The zero-order valence-electron chi connectivity index (χ0n) is 12.3. The standard InChI is InChI=1S/C14H31NO/c1-8-15-12(9-10-14(4,5)6)13(16-7)11(2)3/h11-13,15H,8-10H2,1-7H3. The molecule has 98 valence electrons. The van der Waals surface area contributed by atoms with Gasteiger partial charge in [0.25, 0.3) is 0 Å². The highest BCUT2D eigenvalue weighted by atomic mass is 16.5. The van der Waals surface area contributed by atoms with Gasteiger partial charge in [-0.25, -0.2) is 0 Å². The number of ether oxygens (including phenoxy) is 1. The summed E-state index contributed by atoms with van der Waals surface area (Å²) in [4.78, 5) is 0. The topological polar surface area (TPSA) is 21.3 Å². The largest absolute Gasteiger partial charge is 0.380 e. The molecule has 0 spiro atoms. The Morgan fingerprint density at radius 1 is 1.19 bits per heavy atom. The molecule has 0 heterocycles. The summed E-state index contributed by atoms with van der Waals surface area (Å²) in [7, 11) is 1.83. The van der Waals surface area contributed by atoms with Gasteiger partial charge in [-0.3, -0.25) is 0 Å². The second-order valence-electron chi connectivity index (χ2n) is 6.21. The zero-order chi connectivity index (χ0) is 12.8. The van der Waals surface area contributed by atoms with Gasteiger partial charge in [0.2, 0.25) is 0 Å². The second kappa shape index (κ2) is 7.29. The monoisotopic (exact) mass is 229 g/mol. The molecule has 0 radical (unpaired) electrons. The van der Waals surface area contributed by atoms with Crippen molar-refractivity contribution in [3.8, 4) is 0 Å². The fourth-order valence-corrected chi connectivity index (χ4v) is 2.13. The maximum absolute atomic E-state index is 5.63. The van der Waals surface area contributed by atoms with Crippen molar-refractivity contribution in [3.63, 3.8) is 0 Å². The Bertz CT molecular complexity index is 172. The fraction of sp³-hybridized carbons (Fsp3) is 1.00. The van der Waals surface area contributed by atoms with E-state index in [1.807, 2.05) is 7.11 Å². The third-order valence-corrected chi connectivity index (χ3v) is 3.00. The lowest BCUT2D eigenvalue weighted by Crippen LogP contribution is -2.44. The predicted molar refractivity (Wildman–Crippen MR) is 71.8 cm³/mol. The molecule has 2 unspecified atom stereocenters. The van der Waals surface area contributed by atoms with Crippen molar-refractivity contribution in [2.75, 3.05) is 13.7 Å². The van der Waals surface area contributed by atoms with Crippen LogP contribution in [0.4, 0.5) is 0 Å². The van der Waals surface area contributed by atoms with Gasteiger partial charge in [-0.05, 0) is 30.7 Å². The molecular weight excluding hydrogens is 198 g/mol. The lowest BCUT2D eigenvalue weighted by Gasteiger charge is -2.31. The van der Waals surface area contributed by atoms with E-state index in [0.29, 0.717) is 23.5 Å². The van der Waals surface area contributed by atoms with Crippen molar-refractivity contribution in [2.24, 2.45) is 11.3 Å². The quantitative estimate of drug-likeness (QED) is 0.722. The summed E-state index contributed by atoms with van der Waals surface area (Å²) < 4.78 is 5.63. The van der Waals surface area contributed by atoms with Crippen LogP contribution in [-0.4, -0.2) is 25.8 Å². The van der Waals surface area contributed by atoms with E-state index in [9.17, 15) is 0 Å². The van der Waals surface area contributed by atoms with Crippen LogP contribution in [-0.2, 0) is 4.74 Å². The van der Waals surface area contributed by atoms with E-state index in [1.54, 1.807) is 0 Å².